The summed E-state index contributed by atoms with van der Waals surface area (Å²) in [5.41, 5.74) is 6.42. The maximum atomic E-state index is 8.64. The van der Waals surface area contributed by atoms with Gasteiger partial charge in [-0.25, -0.2) is 0 Å². The van der Waals surface area contributed by atoms with Gasteiger partial charge in [0.05, 0.1) is 12.3 Å². The minimum Gasteiger partial charge on any atom is -0.469 e. The average Bonchev–Trinajstić information content (AvgIpc) is 2.61. The third-order valence-corrected chi connectivity index (χ3v) is 2.01. The SMILES string of the molecule is CCCCc1occc1C(N)C#N. The van der Waals surface area contributed by atoms with Crippen molar-refractivity contribution in [3.63, 3.8) is 0 Å². The number of aryl methyl sites for hydroxylation is 1. The predicted octanol–water partition coefficient (Wildman–Crippen LogP) is 2.15. The molecule has 1 aromatic heterocycles. The Bertz CT molecular complexity index is 298. The lowest BCUT2D eigenvalue weighted by Gasteiger charge is -2.02. The smallest absolute Gasteiger partial charge is 0.122 e. The van der Waals surface area contributed by atoms with E-state index < -0.39 is 6.04 Å². The number of hydrogen-bond acceptors (Lipinski definition) is 3. The van der Waals surface area contributed by atoms with Gasteiger partial charge in [0.15, 0.2) is 0 Å². The van der Waals surface area contributed by atoms with Crippen LogP contribution in [0.1, 0.15) is 37.1 Å². The van der Waals surface area contributed by atoms with Gasteiger partial charge in [-0.2, -0.15) is 5.26 Å². The van der Waals surface area contributed by atoms with Gasteiger partial charge in [-0.3, -0.25) is 0 Å². The highest BCUT2D eigenvalue weighted by Crippen LogP contribution is 2.18. The van der Waals surface area contributed by atoms with Crippen LogP contribution in [0, 0.1) is 11.3 Å². The van der Waals surface area contributed by atoms with Gasteiger partial charge in [0.2, 0.25) is 0 Å². The van der Waals surface area contributed by atoms with E-state index in [1.807, 2.05) is 6.07 Å². The quantitative estimate of drug-likeness (QED) is 0.768. The van der Waals surface area contributed by atoms with E-state index in [9.17, 15) is 0 Å². The van der Waals surface area contributed by atoms with Crippen LogP contribution in [0.2, 0.25) is 0 Å². The van der Waals surface area contributed by atoms with E-state index in [-0.39, 0.29) is 0 Å². The van der Waals surface area contributed by atoms with Crippen LogP contribution < -0.4 is 5.73 Å². The summed E-state index contributed by atoms with van der Waals surface area (Å²) in [5, 5.41) is 8.64. The van der Waals surface area contributed by atoms with Gasteiger partial charge in [-0.1, -0.05) is 13.3 Å². The summed E-state index contributed by atoms with van der Waals surface area (Å²) in [6.45, 7) is 2.12. The predicted molar refractivity (Wildman–Crippen MR) is 49.9 cm³/mol. The molecule has 0 aromatic carbocycles. The van der Waals surface area contributed by atoms with Crippen molar-refractivity contribution >= 4 is 0 Å². The number of rotatable bonds is 4. The average molecular weight is 178 g/mol. The molecule has 2 N–H and O–H groups in total. The Hall–Kier alpha value is -1.27. The van der Waals surface area contributed by atoms with Gasteiger partial charge in [-0.05, 0) is 12.5 Å². The second kappa shape index (κ2) is 4.68. The number of furan rings is 1. The monoisotopic (exact) mass is 178 g/mol. The third kappa shape index (κ3) is 2.33. The normalized spacial score (nSPS) is 12.4. The molecule has 0 aliphatic heterocycles. The van der Waals surface area contributed by atoms with Crippen molar-refractivity contribution in [3.8, 4) is 6.07 Å². The lowest BCUT2D eigenvalue weighted by molar-refractivity contribution is 0.494. The van der Waals surface area contributed by atoms with Crippen LogP contribution in [-0.2, 0) is 6.42 Å². The van der Waals surface area contributed by atoms with Crippen molar-refractivity contribution in [2.75, 3.05) is 0 Å². The molecule has 1 aromatic rings. The maximum Gasteiger partial charge on any atom is 0.122 e. The molecule has 0 amide bonds. The molecule has 0 saturated carbocycles. The highest BCUT2D eigenvalue weighted by molar-refractivity contribution is 5.25. The number of nitriles is 1. The number of nitrogens with two attached hydrogens (primary N) is 1. The maximum absolute atomic E-state index is 8.64. The van der Waals surface area contributed by atoms with Gasteiger partial charge in [0.1, 0.15) is 11.8 Å². The molecule has 3 heteroatoms. The topological polar surface area (TPSA) is 62.9 Å². The van der Waals surface area contributed by atoms with E-state index in [2.05, 4.69) is 6.92 Å². The van der Waals surface area contributed by atoms with Crippen LogP contribution >= 0.6 is 0 Å². The molecule has 0 radical (unpaired) electrons. The molecule has 0 aliphatic carbocycles. The molecule has 0 bridgehead atoms. The minimum atomic E-state index is -0.550. The van der Waals surface area contributed by atoms with E-state index in [1.54, 1.807) is 12.3 Å². The number of hydrogen-bond donors (Lipinski definition) is 1. The van der Waals surface area contributed by atoms with Crippen molar-refractivity contribution in [3.05, 3.63) is 23.7 Å². The Morgan fingerprint density at radius 3 is 3.08 bits per heavy atom. The molecule has 13 heavy (non-hydrogen) atoms. The lowest BCUT2D eigenvalue weighted by Crippen LogP contribution is -2.08. The number of nitrogens with zero attached hydrogens (tertiary/aromatic N) is 1. The van der Waals surface area contributed by atoms with Crippen LogP contribution in [0.15, 0.2) is 16.7 Å². The van der Waals surface area contributed by atoms with E-state index >= 15 is 0 Å². The Morgan fingerprint density at radius 1 is 1.69 bits per heavy atom. The molecule has 3 nitrogen and oxygen atoms in total. The Morgan fingerprint density at radius 2 is 2.46 bits per heavy atom. The molecule has 1 heterocycles. The highest BCUT2D eigenvalue weighted by atomic mass is 16.3. The summed E-state index contributed by atoms with van der Waals surface area (Å²) in [5.74, 6) is 0.857. The largest absolute Gasteiger partial charge is 0.469 e. The lowest BCUT2D eigenvalue weighted by atomic mass is 10.1. The fraction of sp³-hybridized carbons (Fsp3) is 0.500. The summed E-state index contributed by atoms with van der Waals surface area (Å²) in [4.78, 5) is 0. The van der Waals surface area contributed by atoms with Crippen LogP contribution in [0.25, 0.3) is 0 Å². The fourth-order valence-corrected chi connectivity index (χ4v) is 1.24. The molecule has 0 spiro atoms. The van der Waals surface area contributed by atoms with Crippen LogP contribution in [-0.4, -0.2) is 0 Å². The zero-order valence-corrected chi connectivity index (χ0v) is 7.79. The van der Waals surface area contributed by atoms with Crippen molar-refractivity contribution in [1.82, 2.24) is 0 Å². The summed E-state index contributed by atoms with van der Waals surface area (Å²) in [6.07, 6.45) is 4.65. The van der Waals surface area contributed by atoms with Gasteiger partial charge in [0, 0.05) is 12.0 Å². The molecular weight excluding hydrogens is 164 g/mol. The molecule has 0 saturated heterocycles. The first-order chi connectivity index (χ1) is 6.29. The van der Waals surface area contributed by atoms with Crippen molar-refractivity contribution in [2.24, 2.45) is 5.73 Å². The van der Waals surface area contributed by atoms with Gasteiger partial charge in [-0.15, -0.1) is 0 Å². The molecular formula is C10H14N2O. The van der Waals surface area contributed by atoms with Crippen LogP contribution in [0.3, 0.4) is 0 Å². The van der Waals surface area contributed by atoms with Crippen molar-refractivity contribution < 1.29 is 4.42 Å². The molecule has 0 aliphatic rings. The first kappa shape index (κ1) is 9.82. The van der Waals surface area contributed by atoms with Crippen LogP contribution in [0.4, 0.5) is 0 Å². The first-order valence-corrected chi connectivity index (χ1v) is 4.51. The summed E-state index contributed by atoms with van der Waals surface area (Å²) in [7, 11) is 0. The van der Waals surface area contributed by atoms with E-state index in [0.717, 1.165) is 30.6 Å². The van der Waals surface area contributed by atoms with E-state index in [1.165, 1.54) is 0 Å². The zero-order valence-electron chi connectivity index (χ0n) is 7.79. The van der Waals surface area contributed by atoms with Gasteiger partial charge in [0.25, 0.3) is 0 Å². The van der Waals surface area contributed by atoms with Crippen molar-refractivity contribution in [2.45, 2.75) is 32.2 Å². The summed E-state index contributed by atoms with van der Waals surface area (Å²) < 4.78 is 5.26. The van der Waals surface area contributed by atoms with E-state index in [0.29, 0.717) is 0 Å². The summed E-state index contributed by atoms with van der Waals surface area (Å²) in [6, 6.07) is 3.23. The Kier molecular flexibility index (Phi) is 3.53. The first-order valence-electron chi connectivity index (χ1n) is 4.51. The third-order valence-electron chi connectivity index (χ3n) is 2.01. The molecule has 0 fully saturated rings. The Labute approximate surface area is 78.1 Å². The second-order valence-electron chi connectivity index (χ2n) is 3.01. The van der Waals surface area contributed by atoms with Gasteiger partial charge < -0.3 is 10.2 Å². The molecule has 1 unspecified atom stereocenters. The number of unbranched alkanes of at least 4 members (excludes halogenated alkanes) is 1. The standard InChI is InChI=1S/C10H14N2O/c1-2-3-4-10-8(5-6-13-10)9(12)7-11/h5-6,9H,2-4,12H2,1H3. The fourth-order valence-electron chi connectivity index (χ4n) is 1.24. The van der Waals surface area contributed by atoms with Crippen LogP contribution in [0.5, 0.6) is 0 Å². The zero-order chi connectivity index (χ0) is 9.68. The molecule has 70 valence electrons. The van der Waals surface area contributed by atoms with Gasteiger partial charge >= 0.3 is 0 Å². The van der Waals surface area contributed by atoms with Crippen molar-refractivity contribution in [1.29, 1.82) is 5.26 Å². The summed E-state index contributed by atoms with van der Waals surface area (Å²) >= 11 is 0. The Balaban J connectivity index is 2.72. The van der Waals surface area contributed by atoms with E-state index in [4.69, 9.17) is 15.4 Å². The molecule has 1 atom stereocenters. The second-order valence-corrected chi connectivity index (χ2v) is 3.01. The molecule has 1 rings (SSSR count). The minimum absolute atomic E-state index is 0.550. The highest BCUT2D eigenvalue weighted by Gasteiger charge is 2.12.